The number of anilines is 1. The summed E-state index contributed by atoms with van der Waals surface area (Å²) in [7, 11) is 0. The Morgan fingerprint density at radius 3 is 2.50 bits per heavy atom. The van der Waals surface area contributed by atoms with Gasteiger partial charge in [0.25, 0.3) is 0 Å². The number of hydrogen-bond acceptors (Lipinski definition) is 3. The molecule has 0 aliphatic heterocycles. The van der Waals surface area contributed by atoms with E-state index in [1.54, 1.807) is 0 Å². The van der Waals surface area contributed by atoms with E-state index in [4.69, 9.17) is 10.2 Å². The number of aryl methyl sites for hydroxylation is 1. The van der Waals surface area contributed by atoms with Crippen molar-refractivity contribution >= 4 is 11.7 Å². The van der Waals surface area contributed by atoms with Crippen molar-refractivity contribution < 1.29 is 9.21 Å². The fraction of sp³-hybridized carbons (Fsp3) is 0.267. The average molecular weight is 273 g/mol. The number of carbonyl (C=O) groups is 1. The van der Waals surface area contributed by atoms with Crippen LogP contribution in [0.2, 0.25) is 0 Å². The molecule has 1 heterocycles. The highest BCUT2D eigenvalue weighted by Gasteiger charge is 2.12. The molecule has 2 rings (SSSR count). The van der Waals surface area contributed by atoms with E-state index in [9.17, 15) is 4.79 Å². The first-order valence-electron chi connectivity index (χ1n) is 6.51. The third-order valence-corrected chi connectivity index (χ3v) is 2.98. The molecule has 2 aromatic rings. The maximum atomic E-state index is 11.9. The van der Waals surface area contributed by atoms with E-state index < -0.39 is 0 Å². The number of amides is 2. The number of carbonyl (C=O) groups excluding carboxylic acids is 1. The number of nitrogens with one attached hydrogen (secondary N) is 2. The normalized spacial score (nSPS) is 11.9. The third kappa shape index (κ3) is 3.61. The maximum absolute atomic E-state index is 11.9. The van der Waals surface area contributed by atoms with Crippen LogP contribution in [0.25, 0.3) is 0 Å². The monoisotopic (exact) mass is 273 g/mol. The zero-order valence-corrected chi connectivity index (χ0v) is 11.6. The third-order valence-electron chi connectivity index (χ3n) is 2.98. The van der Waals surface area contributed by atoms with Crippen LogP contribution in [0.4, 0.5) is 10.5 Å². The van der Waals surface area contributed by atoms with E-state index in [0.29, 0.717) is 6.54 Å². The summed E-state index contributed by atoms with van der Waals surface area (Å²) in [5.74, 6) is 1.56. The molecule has 0 bridgehead atoms. The fourth-order valence-corrected chi connectivity index (χ4v) is 1.85. The second kappa shape index (κ2) is 6.25. The molecule has 1 unspecified atom stereocenters. The highest BCUT2D eigenvalue weighted by molar-refractivity contribution is 5.89. The molecule has 0 fully saturated rings. The number of hydrogen-bond donors (Lipinski definition) is 3. The van der Waals surface area contributed by atoms with Gasteiger partial charge in [-0.15, -0.1) is 0 Å². The fourth-order valence-electron chi connectivity index (χ4n) is 1.85. The molecule has 106 valence electrons. The highest BCUT2D eigenvalue weighted by Crippen LogP contribution is 2.16. The Hall–Kier alpha value is -2.27. The SMILES string of the molecule is Cc1ccc(C(C)NC(=O)Nc2ccc(CN)cc2)o1. The van der Waals surface area contributed by atoms with Gasteiger partial charge in [0.2, 0.25) is 0 Å². The lowest BCUT2D eigenvalue weighted by Crippen LogP contribution is -2.30. The Balaban J connectivity index is 1.91. The molecule has 1 atom stereocenters. The van der Waals surface area contributed by atoms with Crippen LogP contribution in [-0.2, 0) is 6.54 Å². The number of urea groups is 1. The summed E-state index contributed by atoms with van der Waals surface area (Å²) in [5, 5.41) is 5.59. The number of rotatable bonds is 4. The van der Waals surface area contributed by atoms with Gasteiger partial charge in [-0.05, 0) is 43.7 Å². The number of benzene rings is 1. The minimum Gasteiger partial charge on any atom is -0.464 e. The van der Waals surface area contributed by atoms with Gasteiger partial charge in [-0.25, -0.2) is 4.79 Å². The van der Waals surface area contributed by atoms with Gasteiger partial charge in [-0.1, -0.05) is 12.1 Å². The molecule has 0 spiro atoms. The molecular weight excluding hydrogens is 254 g/mol. The van der Waals surface area contributed by atoms with Crippen LogP contribution in [0.3, 0.4) is 0 Å². The lowest BCUT2D eigenvalue weighted by atomic mass is 10.2. The molecule has 0 saturated carbocycles. The minimum absolute atomic E-state index is 0.188. The highest BCUT2D eigenvalue weighted by atomic mass is 16.3. The van der Waals surface area contributed by atoms with Gasteiger partial charge in [-0.3, -0.25) is 0 Å². The molecule has 2 amide bonds. The number of nitrogens with two attached hydrogens (primary N) is 1. The van der Waals surface area contributed by atoms with Gasteiger partial charge in [-0.2, -0.15) is 0 Å². The molecule has 0 radical (unpaired) electrons. The summed E-state index contributed by atoms with van der Waals surface area (Å²) in [6.07, 6.45) is 0. The van der Waals surface area contributed by atoms with E-state index in [-0.39, 0.29) is 12.1 Å². The summed E-state index contributed by atoms with van der Waals surface area (Å²) < 4.78 is 5.47. The van der Waals surface area contributed by atoms with Gasteiger partial charge in [0.15, 0.2) is 0 Å². The molecule has 1 aromatic heterocycles. The summed E-state index contributed by atoms with van der Waals surface area (Å²) in [6.45, 7) is 4.23. The van der Waals surface area contributed by atoms with Crippen LogP contribution in [0, 0.1) is 6.92 Å². The zero-order chi connectivity index (χ0) is 14.5. The van der Waals surface area contributed by atoms with Crippen LogP contribution in [0.15, 0.2) is 40.8 Å². The topological polar surface area (TPSA) is 80.3 Å². The van der Waals surface area contributed by atoms with Crippen molar-refractivity contribution in [2.75, 3.05) is 5.32 Å². The molecule has 5 nitrogen and oxygen atoms in total. The largest absolute Gasteiger partial charge is 0.464 e. The van der Waals surface area contributed by atoms with Crippen LogP contribution in [-0.4, -0.2) is 6.03 Å². The Kier molecular flexibility index (Phi) is 4.42. The lowest BCUT2D eigenvalue weighted by Gasteiger charge is -2.12. The Morgan fingerprint density at radius 1 is 1.25 bits per heavy atom. The van der Waals surface area contributed by atoms with Crippen molar-refractivity contribution in [1.82, 2.24) is 5.32 Å². The van der Waals surface area contributed by atoms with Crippen molar-refractivity contribution in [1.29, 1.82) is 0 Å². The Morgan fingerprint density at radius 2 is 1.95 bits per heavy atom. The van der Waals surface area contributed by atoms with Crippen molar-refractivity contribution in [2.45, 2.75) is 26.4 Å². The van der Waals surface area contributed by atoms with Gasteiger partial charge in [0.1, 0.15) is 11.5 Å². The standard InChI is InChI=1S/C15H19N3O2/c1-10-3-8-14(20-10)11(2)17-15(19)18-13-6-4-12(9-16)5-7-13/h3-8,11H,9,16H2,1-2H3,(H2,17,18,19). The van der Waals surface area contributed by atoms with Gasteiger partial charge < -0.3 is 20.8 Å². The predicted molar refractivity (Wildman–Crippen MR) is 78.3 cm³/mol. The van der Waals surface area contributed by atoms with Crippen molar-refractivity contribution in [3.8, 4) is 0 Å². The first-order valence-corrected chi connectivity index (χ1v) is 6.51. The van der Waals surface area contributed by atoms with E-state index in [1.165, 1.54) is 0 Å². The van der Waals surface area contributed by atoms with E-state index >= 15 is 0 Å². The van der Waals surface area contributed by atoms with Crippen LogP contribution < -0.4 is 16.4 Å². The molecule has 0 saturated heterocycles. The first kappa shape index (κ1) is 14.1. The quantitative estimate of drug-likeness (QED) is 0.801. The van der Waals surface area contributed by atoms with Gasteiger partial charge in [0, 0.05) is 12.2 Å². The molecule has 20 heavy (non-hydrogen) atoms. The summed E-state index contributed by atoms with van der Waals surface area (Å²) in [5.41, 5.74) is 7.27. The van der Waals surface area contributed by atoms with Crippen LogP contribution in [0.1, 0.15) is 30.0 Å². The molecule has 1 aromatic carbocycles. The number of furan rings is 1. The van der Waals surface area contributed by atoms with Gasteiger partial charge in [0.05, 0.1) is 6.04 Å². The predicted octanol–water partition coefficient (Wildman–Crippen LogP) is 2.93. The Labute approximate surface area is 118 Å². The molecular formula is C15H19N3O2. The minimum atomic E-state index is -0.271. The molecule has 0 aliphatic rings. The average Bonchev–Trinajstić information content (AvgIpc) is 2.86. The molecule has 0 aliphatic carbocycles. The zero-order valence-electron chi connectivity index (χ0n) is 11.6. The van der Waals surface area contributed by atoms with Gasteiger partial charge >= 0.3 is 6.03 Å². The van der Waals surface area contributed by atoms with Crippen LogP contribution in [0.5, 0.6) is 0 Å². The Bertz CT molecular complexity index is 575. The van der Waals surface area contributed by atoms with Crippen molar-refractivity contribution in [3.05, 3.63) is 53.5 Å². The smallest absolute Gasteiger partial charge is 0.319 e. The van der Waals surface area contributed by atoms with Crippen molar-refractivity contribution in [3.63, 3.8) is 0 Å². The summed E-state index contributed by atoms with van der Waals surface area (Å²) >= 11 is 0. The summed E-state index contributed by atoms with van der Waals surface area (Å²) in [4.78, 5) is 11.9. The van der Waals surface area contributed by atoms with E-state index in [1.807, 2.05) is 50.2 Å². The maximum Gasteiger partial charge on any atom is 0.319 e. The van der Waals surface area contributed by atoms with E-state index in [0.717, 1.165) is 22.8 Å². The molecule has 4 N–H and O–H groups in total. The summed E-state index contributed by atoms with van der Waals surface area (Å²) in [6, 6.07) is 10.7. The lowest BCUT2D eigenvalue weighted by molar-refractivity contribution is 0.247. The van der Waals surface area contributed by atoms with E-state index in [2.05, 4.69) is 10.6 Å². The second-order valence-electron chi connectivity index (χ2n) is 4.67. The first-order chi connectivity index (χ1) is 9.58. The molecule has 5 heteroatoms. The van der Waals surface area contributed by atoms with Crippen LogP contribution >= 0.6 is 0 Å². The van der Waals surface area contributed by atoms with Crippen molar-refractivity contribution in [2.24, 2.45) is 5.73 Å². The second-order valence-corrected chi connectivity index (χ2v) is 4.67.